The Morgan fingerprint density at radius 1 is 1.38 bits per heavy atom. The summed E-state index contributed by atoms with van der Waals surface area (Å²) in [7, 11) is 1.52. The Balaban J connectivity index is 1.67. The van der Waals surface area contributed by atoms with Crippen LogP contribution in [0.1, 0.15) is 32.6 Å². The number of hydrogen-bond donors (Lipinski definition) is 1. The van der Waals surface area contributed by atoms with E-state index in [-0.39, 0.29) is 17.7 Å². The van der Waals surface area contributed by atoms with Crippen LogP contribution in [-0.4, -0.2) is 35.1 Å². The summed E-state index contributed by atoms with van der Waals surface area (Å²) < 4.78 is 5.23. The van der Waals surface area contributed by atoms with Gasteiger partial charge >= 0.3 is 0 Å². The van der Waals surface area contributed by atoms with Crippen LogP contribution in [0.15, 0.2) is 28.2 Å². The number of nitrogens with zero attached hydrogens (tertiary/aromatic N) is 2. The Morgan fingerprint density at radius 3 is 2.96 bits per heavy atom. The van der Waals surface area contributed by atoms with Gasteiger partial charge in [-0.1, -0.05) is 29.8 Å². The summed E-state index contributed by atoms with van der Waals surface area (Å²) in [5.74, 6) is -0.0126. The van der Waals surface area contributed by atoms with Gasteiger partial charge in [0.25, 0.3) is 5.91 Å². The van der Waals surface area contributed by atoms with Gasteiger partial charge in [-0.05, 0) is 44.4 Å². The number of amides is 2. The molecule has 0 bridgehead atoms. The van der Waals surface area contributed by atoms with Crippen LogP contribution in [-0.2, 0) is 9.59 Å². The van der Waals surface area contributed by atoms with Crippen molar-refractivity contribution >= 4 is 51.7 Å². The van der Waals surface area contributed by atoms with Gasteiger partial charge in [0.15, 0.2) is 5.17 Å². The number of thioether (sulfide) groups is 1. The Morgan fingerprint density at radius 2 is 2.19 bits per heavy atom. The number of rotatable bonds is 4. The number of ether oxygens (including phenoxy) is 1. The van der Waals surface area contributed by atoms with Crippen LogP contribution in [0.25, 0.3) is 0 Å². The van der Waals surface area contributed by atoms with Crippen LogP contribution in [0.3, 0.4) is 0 Å². The van der Waals surface area contributed by atoms with Crippen molar-refractivity contribution in [2.75, 3.05) is 12.4 Å². The molecule has 1 fully saturated rings. The van der Waals surface area contributed by atoms with Gasteiger partial charge in [-0.25, -0.2) is 4.99 Å². The van der Waals surface area contributed by atoms with Gasteiger partial charge in [-0.2, -0.15) is 4.99 Å². The van der Waals surface area contributed by atoms with Gasteiger partial charge in [0.1, 0.15) is 5.75 Å². The third kappa shape index (κ3) is 4.27. The average molecular weight is 394 g/mol. The monoisotopic (exact) mass is 393 g/mol. The number of carbonyl (C=O) groups is 2. The number of amidine groups is 1. The zero-order valence-corrected chi connectivity index (χ0v) is 16.2. The molecule has 0 aromatic heterocycles. The minimum absolute atomic E-state index is 0.138. The lowest BCUT2D eigenvalue weighted by molar-refractivity contribution is -0.120. The molecular formula is C18H20ClN3O3S. The highest BCUT2D eigenvalue weighted by Crippen LogP contribution is 2.30. The molecule has 1 aliphatic heterocycles. The molecule has 138 valence electrons. The van der Waals surface area contributed by atoms with E-state index in [4.69, 9.17) is 16.3 Å². The third-order valence-electron chi connectivity index (χ3n) is 4.39. The molecule has 1 N–H and O–H groups in total. The Hall–Kier alpha value is -1.86. The van der Waals surface area contributed by atoms with Crippen LogP contribution < -0.4 is 10.1 Å². The number of halogens is 1. The minimum Gasteiger partial charge on any atom is -0.495 e. The summed E-state index contributed by atoms with van der Waals surface area (Å²) >= 11 is 7.17. The van der Waals surface area contributed by atoms with Crippen molar-refractivity contribution in [1.82, 2.24) is 0 Å². The predicted octanol–water partition coefficient (Wildman–Crippen LogP) is 3.94. The molecule has 1 aliphatic carbocycles. The molecule has 1 aromatic rings. The van der Waals surface area contributed by atoms with Crippen molar-refractivity contribution in [1.29, 1.82) is 0 Å². The van der Waals surface area contributed by atoms with Gasteiger partial charge in [-0.15, -0.1) is 0 Å². The molecule has 26 heavy (non-hydrogen) atoms. The van der Waals surface area contributed by atoms with E-state index in [1.165, 1.54) is 18.9 Å². The second-order valence-corrected chi connectivity index (χ2v) is 7.97. The molecule has 0 spiro atoms. The van der Waals surface area contributed by atoms with Gasteiger partial charge in [-0.3, -0.25) is 9.59 Å². The molecule has 1 heterocycles. The van der Waals surface area contributed by atoms with Crippen molar-refractivity contribution in [3.05, 3.63) is 23.2 Å². The van der Waals surface area contributed by atoms with E-state index in [1.807, 2.05) is 0 Å². The smallest absolute Gasteiger partial charge is 0.256 e. The van der Waals surface area contributed by atoms with E-state index in [0.29, 0.717) is 21.6 Å². The number of benzene rings is 1. The standard InChI is InChI=1S/C18H20ClN3O3S/c1-10(16(23)20-14-9-11(19)7-8-15(14)25-2)26-18-21-13-6-4-3-5-12(13)17(24)22-18/h7-10,12H,3-6H2,1-2H3,(H,20,23). The number of hydrogen-bond acceptors (Lipinski definition) is 5. The van der Waals surface area contributed by atoms with Crippen LogP contribution in [0, 0.1) is 5.92 Å². The fourth-order valence-electron chi connectivity index (χ4n) is 2.99. The van der Waals surface area contributed by atoms with E-state index in [0.717, 1.165) is 31.4 Å². The summed E-state index contributed by atoms with van der Waals surface area (Å²) in [6.07, 6.45) is 3.73. The van der Waals surface area contributed by atoms with E-state index < -0.39 is 5.25 Å². The molecule has 0 saturated heterocycles. The first-order valence-electron chi connectivity index (χ1n) is 8.49. The summed E-state index contributed by atoms with van der Waals surface area (Å²) in [5.41, 5.74) is 1.40. The molecule has 1 saturated carbocycles. The predicted molar refractivity (Wildman–Crippen MR) is 106 cm³/mol. The number of aliphatic imine (C=N–C) groups is 2. The van der Waals surface area contributed by atoms with Crippen molar-refractivity contribution in [2.45, 2.75) is 37.9 Å². The molecule has 8 heteroatoms. The molecule has 2 unspecified atom stereocenters. The van der Waals surface area contributed by atoms with Gasteiger partial charge in [0, 0.05) is 10.7 Å². The van der Waals surface area contributed by atoms with Crippen LogP contribution in [0.2, 0.25) is 5.02 Å². The Labute approximate surface area is 161 Å². The third-order valence-corrected chi connectivity index (χ3v) is 5.59. The fraction of sp³-hybridized carbons (Fsp3) is 0.444. The minimum atomic E-state index is -0.477. The molecule has 0 radical (unpaired) electrons. The summed E-state index contributed by atoms with van der Waals surface area (Å²) in [6.45, 7) is 1.75. The maximum absolute atomic E-state index is 12.5. The topological polar surface area (TPSA) is 80.1 Å². The largest absolute Gasteiger partial charge is 0.495 e. The molecule has 2 amide bonds. The summed E-state index contributed by atoms with van der Waals surface area (Å²) in [6, 6.07) is 5.01. The lowest BCUT2D eigenvalue weighted by Crippen LogP contribution is -2.31. The van der Waals surface area contributed by atoms with Gasteiger partial charge in [0.2, 0.25) is 5.91 Å². The number of fused-ring (bicyclic) bond motifs is 1. The van der Waals surface area contributed by atoms with Crippen LogP contribution >= 0.6 is 23.4 Å². The molecule has 6 nitrogen and oxygen atoms in total. The lowest BCUT2D eigenvalue weighted by atomic mass is 9.86. The van der Waals surface area contributed by atoms with Gasteiger partial charge in [0.05, 0.1) is 24.0 Å². The first kappa shape index (κ1) is 18.9. The number of nitrogens with one attached hydrogen (secondary N) is 1. The first-order valence-corrected chi connectivity index (χ1v) is 9.74. The first-order chi connectivity index (χ1) is 12.5. The van der Waals surface area contributed by atoms with Crippen LogP contribution in [0.4, 0.5) is 5.69 Å². The van der Waals surface area contributed by atoms with E-state index in [1.54, 1.807) is 25.1 Å². The van der Waals surface area contributed by atoms with E-state index in [9.17, 15) is 9.59 Å². The van der Waals surface area contributed by atoms with Gasteiger partial charge < -0.3 is 10.1 Å². The number of methoxy groups -OCH3 is 1. The second kappa shape index (κ2) is 8.22. The Bertz CT molecular complexity index is 794. The van der Waals surface area contributed by atoms with E-state index >= 15 is 0 Å². The number of anilines is 1. The Kier molecular flexibility index (Phi) is 5.98. The average Bonchev–Trinajstić information content (AvgIpc) is 2.62. The van der Waals surface area contributed by atoms with Crippen molar-refractivity contribution in [3.8, 4) is 5.75 Å². The highest BCUT2D eigenvalue weighted by molar-refractivity contribution is 8.15. The zero-order valence-electron chi connectivity index (χ0n) is 14.6. The molecular weight excluding hydrogens is 374 g/mol. The SMILES string of the molecule is COc1ccc(Cl)cc1NC(=O)C(C)SC1=NC(=O)C2CCCCC2=N1. The van der Waals surface area contributed by atoms with Crippen LogP contribution in [0.5, 0.6) is 5.75 Å². The maximum atomic E-state index is 12.5. The maximum Gasteiger partial charge on any atom is 0.256 e. The van der Waals surface area contributed by atoms with Crippen molar-refractivity contribution in [3.63, 3.8) is 0 Å². The van der Waals surface area contributed by atoms with Crippen molar-refractivity contribution < 1.29 is 14.3 Å². The molecule has 1 aromatic carbocycles. The van der Waals surface area contributed by atoms with E-state index in [2.05, 4.69) is 15.3 Å². The summed E-state index contributed by atoms with van der Waals surface area (Å²) in [5, 5.41) is 3.19. The highest BCUT2D eigenvalue weighted by Gasteiger charge is 2.31. The molecule has 2 atom stereocenters. The molecule has 3 rings (SSSR count). The highest BCUT2D eigenvalue weighted by atomic mass is 35.5. The quantitative estimate of drug-likeness (QED) is 0.840. The summed E-state index contributed by atoms with van der Waals surface area (Å²) in [4.78, 5) is 33.3. The zero-order chi connectivity index (χ0) is 18.7. The normalized spacial score (nSPS) is 20.6. The number of carbonyl (C=O) groups excluding carboxylic acids is 2. The molecule has 2 aliphatic rings. The lowest BCUT2D eigenvalue weighted by Gasteiger charge is -2.25. The second-order valence-electron chi connectivity index (χ2n) is 6.23. The fourth-order valence-corrected chi connectivity index (χ4v) is 3.96. The van der Waals surface area contributed by atoms with Crippen molar-refractivity contribution in [2.24, 2.45) is 15.9 Å².